The first kappa shape index (κ1) is 12.7. The molecule has 3 nitrogen and oxygen atoms in total. The van der Waals surface area contributed by atoms with Crippen LogP contribution in [0, 0.1) is 0 Å². The number of halogens is 1. The van der Waals surface area contributed by atoms with Crippen molar-refractivity contribution in [1.29, 1.82) is 0 Å². The van der Waals surface area contributed by atoms with Crippen molar-refractivity contribution in [1.82, 2.24) is 9.47 Å². The summed E-state index contributed by atoms with van der Waals surface area (Å²) in [4.78, 5) is 14.5. The highest BCUT2D eigenvalue weighted by Gasteiger charge is 2.33. The lowest BCUT2D eigenvalue weighted by Gasteiger charge is -2.22. The third-order valence-corrected chi connectivity index (χ3v) is 3.61. The SMILES string of the molecule is CCN(C(=O)c1cc(Br)cn1C(C)C)C1CC1. The van der Waals surface area contributed by atoms with Gasteiger partial charge in [0.2, 0.25) is 0 Å². The highest BCUT2D eigenvalue weighted by molar-refractivity contribution is 9.10. The summed E-state index contributed by atoms with van der Waals surface area (Å²) >= 11 is 3.45. The Labute approximate surface area is 111 Å². The minimum Gasteiger partial charge on any atom is -0.340 e. The summed E-state index contributed by atoms with van der Waals surface area (Å²) in [6, 6.07) is 2.70. The second-order valence-electron chi connectivity index (χ2n) is 4.87. The molecule has 0 bridgehead atoms. The fourth-order valence-electron chi connectivity index (χ4n) is 2.15. The van der Waals surface area contributed by atoms with Gasteiger partial charge in [-0.05, 0) is 55.6 Å². The minimum absolute atomic E-state index is 0.161. The number of hydrogen-bond donors (Lipinski definition) is 0. The summed E-state index contributed by atoms with van der Waals surface area (Å²) in [6.45, 7) is 7.03. The van der Waals surface area contributed by atoms with Crippen LogP contribution in [0.3, 0.4) is 0 Å². The van der Waals surface area contributed by atoms with E-state index in [2.05, 4.69) is 29.8 Å². The van der Waals surface area contributed by atoms with Crippen LogP contribution in [0.5, 0.6) is 0 Å². The zero-order valence-electron chi connectivity index (χ0n) is 10.6. The van der Waals surface area contributed by atoms with Crippen molar-refractivity contribution in [2.75, 3.05) is 6.54 Å². The second-order valence-corrected chi connectivity index (χ2v) is 5.78. The van der Waals surface area contributed by atoms with Crippen molar-refractivity contribution in [2.24, 2.45) is 0 Å². The van der Waals surface area contributed by atoms with E-state index in [1.54, 1.807) is 0 Å². The average molecular weight is 299 g/mol. The van der Waals surface area contributed by atoms with Crippen molar-refractivity contribution in [3.8, 4) is 0 Å². The van der Waals surface area contributed by atoms with E-state index in [-0.39, 0.29) is 5.91 Å². The molecule has 0 aromatic carbocycles. The van der Waals surface area contributed by atoms with Crippen molar-refractivity contribution >= 4 is 21.8 Å². The Kier molecular flexibility index (Phi) is 3.61. The van der Waals surface area contributed by atoms with Crippen molar-refractivity contribution in [3.63, 3.8) is 0 Å². The molecule has 1 aliphatic carbocycles. The Morgan fingerprint density at radius 1 is 1.59 bits per heavy atom. The molecule has 0 aliphatic heterocycles. The van der Waals surface area contributed by atoms with Crippen LogP contribution in [0.1, 0.15) is 50.1 Å². The number of amides is 1. The third-order valence-electron chi connectivity index (χ3n) is 3.18. The summed E-state index contributed by atoms with van der Waals surface area (Å²) in [5.74, 6) is 0.161. The second kappa shape index (κ2) is 4.84. The van der Waals surface area contributed by atoms with Gasteiger partial charge in [-0.25, -0.2) is 0 Å². The van der Waals surface area contributed by atoms with Gasteiger partial charge < -0.3 is 9.47 Å². The zero-order chi connectivity index (χ0) is 12.6. The molecule has 2 rings (SSSR count). The van der Waals surface area contributed by atoms with Gasteiger partial charge in [0.15, 0.2) is 0 Å². The van der Waals surface area contributed by atoms with Crippen LogP contribution in [0.2, 0.25) is 0 Å². The Morgan fingerprint density at radius 3 is 2.71 bits per heavy atom. The van der Waals surface area contributed by atoms with Gasteiger partial charge in [-0.15, -0.1) is 0 Å². The van der Waals surface area contributed by atoms with Gasteiger partial charge in [-0.2, -0.15) is 0 Å². The molecule has 0 atom stereocenters. The van der Waals surface area contributed by atoms with Crippen molar-refractivity contribution in [3.05, 3.63) is 22.4 Å². The molecule has 1 aromatic heterocycles. The van der Waals surface area contributed by atoms with E-state index in [0.717, 1.165) is 29.6 Å². The van der Waals surface area contributed by atoms with Crippen LogP contribution < -0.4 is 0 Å². The molecule has 1 fully saturated rings. The lowest BCUT2D eigenvalue weighted by molar-refractivity contribution is 0.0740. The van der Waals surface area contributed by atoms with E-state index < -0.39 is 0 Å². The molecular formula is C13H19BrN2O. The normalized spacial score (nSPS) is 15.4. The fraction of sp³-hybridized carbons (Fsp3) is 0.615. The van der Waals surface area contributed by atoms with Gasteiger partial charge in [-0.3, -0.25) is 4.79 Å². The van der Waals surface area contributed by atoms with Crippen molar-refractivity contribution < 1.29 is 4.79 Å². The molecule has 1 amide bonds. The predicted octanol–water partition coefficient (Wildman–Crippen LogP) is 3.46. The van der Waals surface area contributed by atoms with E-state index in [4.69, 9.17) is 0 Å². The van der Waals surface area contributed by atoms with Gasteiger partial charge in [-0.1, -0.05) is 0 Å². The quantitative estimate of drug-likeness (QED) is 0.836. The topological polar surface area (TPSA) is 25.2 Å². The molecule has 0 N–H and O–H groups in total. The minimum atomic E-state index is 0.161. The fourth-order valence-corrected chi connectivity index (χ4v) is 2.58. The number of aromatic nitrogens is 1. The maximum atomic E-state index is 12.5. The van der Waals surface area contributed by atoms with E-state index in [1.807, 2.05) is 28.7 Å². The lowest BCUT2D eigenvalue weighted by Crippen LogP contribution is -2.34. The van der Waals surface area contributed by atoms with E-state index in [1.165, 1.54) is 0 Å². The maximum Gasteiger partial charge on any atom is 0.270 e. The maximum absolute atomic E-state index is 12.5. The Bertz CT molecular complexity index is 421. The summed E-state index contributed by atoms with van der Waals surface area (Å²) in [5.41, 5.74) is 0.792. The molecule has 0 radical (unpaired) electrons. The molecule has 0 spiro atoms. The molecular weight excluding hydrogens is 280 g/mol. The van der Waals surface area contributed by atoms with Gasteiger partial charge >= 0.3 is 0 Å². The molecule has 17 heavy (non-hydrogen) atoms. The van der Waals surface area contributed by atoms with Crippen LogP contribution >= 0.6 is 15.9 Å². The molecule has 0 saturated heterocycles. The highest BCUT2D eigenvalue weighted by Crippen LogP contribution is 2.29. The number of carbonyl (C=O) groups is 1. The van der Waals surface area contributed by atoms with Gasteiger partial charge in [0.1, 0.15) is 5.69 Å². The number of hydrogen-bond acceptors (Lipinski definition) is 1. The van der Waals surface area contributed by atoms with Crippen LogP contribution in [0.15, 0.2) is 16.7 Å². The highest BCUT2D eigenvalue weighted by atomic mass is 79.9. The number of rotatable bonds is 4. The van der Waals surface area contributed by atoms with E-state index in [9.17, 15) is 4.79 Å². The molecule has 4 heteroatoms. The van der Waals surface area contributed by atoms with Crippen LogP contribution in [0.4, 0.5) is 0 Å². The van der Waals surface area contributed by atoms with Gasteiger partial charge in [0.25, 0.3) is 5.91 Å². The molecule has 1 heterocycles. The number of nitrogens with zero attached hydrogens (tertiary/aromatic N) is 2. The van der Waals surface area contributed by atoms with E-state index in [0.29, 0.717) is 12.1 Å². The Balaban J connectivity index is 2.28. The summed E-state index contributed by atoms with van der Waals surface area (Å²) in [5, 5.41) is 0. The third kappa shape index (κ3) is 2.57. The summed E-state index contributed by atoms with van der Waals surface area (Å²) in [6.07, 6.45) is 4.30. The summed E-state index contributed by atoms with van der Waals surface area (Å²) < 4.78 is 3.01. The average Bonchev–Trinajstić information content (AvgIpc) is 3.01. The Morgan fingerprint density at radius 2 is 2.24 bits per heavy atom. The van der Waals surface area contributed by atoms with Crippen molar-refractivity contribution in [2.45, 2.75) is 45.7 Å². The molecule has 94 valence electrons. The molecule has 1 aromatic rings. The number of carbonyl (C=O) groups excluding carboxylic acids is 1. The summed E-state index contributed by atoms with van der Waals surface area (Å²) in [7, 11) is 0. The first-order valence-corrected chi connectivity index (χ1v) is 7.02. The standard InChI is InChI=1S/C13H19BrN2O/c1-4-15(11-5-6-11)13(17)12-7-10(14)8-16(12)9(2)3/h7-9,11H,4-6H2,1-3H3. The first-order chi connectivity index (χ1) is 8.04. The molecule has 1 saturated carbocycles. The van der Waals surface area contributed by atoms with Gasteiger partial charge in [0.05, 0.1) is 0 Å². The Hall–Kier alpha value is -0.770. The largest absolute Gasteiger partial charge is 0.340 e. The predicted molar refractivity (Wildman–Crippen MR) is 72.2 cm³/mol. The molecule has 1 aliphatic rings. The van der Waals surface area contributed by atoms with Crippen LogP contribution in [0.25, 0.3) is 0 Å². The smallest absolute Gasteiger partial charge is 0.270 e. The lowest BCUT2D eigenvalue weighted by atomic mass is 10.3. The van der Waals surface area contributed by atoms with Crippen LogP contribution in [-0.2, 0) is 0 Å². The first-order valence-electron chi connectivity index (χ1n) is 6.23. The zero-order valence-corrected chi connectivity index (χ0v) is 12.2. The van der Waals surface area contributed by atoms with Crippen LogP contribution in [-0.4, -0.2) is 28.0 Å². The molecule has 0 unspecified atom stereocenters. The monoisotopic (exact) mass is 298 g/mol. The van der Waals surface area contributed by atoms with E-state index >= 15 is 0 Å². The van der Waals surface area contributed by atoms with Gasteiger partial charge in [0, 0.05) is 29.3 Å².